The van der Waals surface area contributed by atoms with Crippen LogP contribution in [0.25, 0.3) is 11.1 Å². The zero-order valence-corrected chi connectivity index (χ0v) is 18.4. The van der Waals surface area contributed by atoms with Gasteiger partial charge < -0.3 is 0 Å². The van der Waals surface area contributed by atoms with Crippen molar-refractivity contribution in [3.8, 4) is 11.1 Å². The van der Waals surface area contributed by atoms with Gasteiger partial charge >= 0.3 is 31.4 Å². The van der Waals surface area contributed by atoms with E-state index in [2.05, 4.69) is 3.63 Å². The van der Waals surface area contributed by atoms with E-state index < -0.39 is 79.1 Å². The van der Waals surface area contributed by atoms with Gasteiger partial charge in [-0.05, 0) is 42.7 Å². The first-order valence-corrected chi connectivity index (χ1v) is 13.2. The monoisotopic (exact) mass is 556 g/mol. The number of hydrogen-bond acceptors (Lipinski definition) is 3. The zero-order valence-electron chi connectivity index (χ0n) is 16.0. The Morgan fingerprint density at radius 3 is 1.85 bits per heavy atom. The third-order valence-electron chi connectivity index (χ3n) is 4.51. The lowest BCUT2D eigenvalue weighted by molar-refractivity contribution is -0.0550. The van der Waals surface area contributed by atoms with Crippen molar-refractivity contribution < 1.29 is 57.8 Å². The van der Waals surface area contributed by atoms with Crippen molar-refractivity contribution in [2.75, 3.05) is 0 Å². The van der Waals surface area contributed by atoms with Crippen LogP contribution in [-0.2, 0) is 13.7 Å². The second-order valence-corrected chi connectivity index (χ2v) is 13.8. The average Bonchev–Trinajstić information content (AvgIpc) is 2.82. The summed E-state index contributed by atoms with van der Waals surface area (Å²) in [5.74, 6) is 0. The van der Waals surface area contributed by atoms with Crippen LogP contribution in [0.2, 0.25) is 0 Å². The molecule has 0 saturated carbocycles. The summed E-state index contributed by atoms with van der Waals surface area (Å²) in [5, 5.41) is 0. The van der Waals surface area contributed by atoms with Crippen LogP contribution in [0.5, 0.6) is 0 Å². The highest BCUT2D eigenvalue weighted by Gasteiger charge is 2.68. The Morgan fingerprint density at radius 2 is 1.39 bits per heavy atom. The number of hydrogen-bond donors (Lipinski definition) is 0. The minimum Gasteiger partial charge on any atom is -0.196 e. The highest BCUT2D eigenvalue weighted by molar-refractivity contribution is 8.45. The lowest BCUT2D eigenvalue weighted by atomic mass is 10.0. The molecule has 0 saturated heterocycles. The fraction of sp³-hybridized carbons (Fsp3) is 0.250. The molecular formula is C16H11F11O3S3. The van der Waals surface area contributed by atoms with Gasteiger partial charge in [-0.1, -0.05) is 43.2 Å². The molecule has 0 amide bonds. The molecule has 2 aromatic carbocycles. The van der Waals surface area contributed by atoms with Gasteiger partial charge in [-0.15, -0.1) is 0 Å². The maximum atomic E-state index is 14.4. The predicted molar refractivity (Wildman–Crippen MR) is 99.0 cm³/mol. The summed E-state index contributed by atoms with van der Waals surface area (Å²) >= 11 is 0. The molecule has 1 atom stereocenters. The number of fused-ring (bicyclic) bond motifs is 3. The Hall–Kier alpha value is -1.72. The van der Waals surface area contributed by atoms with E-state index in [1.165, 1.54) is 6.92 Å². The van der Waals surface area contributed by atoms with Gasteiger partial charge in [0.2, 0.25) is 0 Å². The van der Waals surface area contributed by atoms with Crippen LogP contribution in [-0.4, -0.2) is 19.4 Å². The summed E-state index contributed by atoms with van der Waals surface area (Å²) < 4.78 is 176. The van der Waals surface area contributed by atoms with Gasteiger partial charge in [-0.3, -0.25) is 0 Å². The molecular weight excluding hydrogens is 545 g/mol. The van der Waals surface area contributed by atoms with Gasteiger partial charge in [0.15, 0.2) is 0 Å². The van der Waals surface area contributed by atoms with Crippen molar-refractivity contribution in [2.45, 2.75) is 39.6 Å². The van der Waals surface area contributed by atoms with Crippen molar-refractivity contribution in [3.63, 3.8) is 0 Å². The summed E-state index contributed by atoms with van der Waals surface area (Å²) in [6.07, 6.45) is 0. The normalized spacial score (nSPS) is 23.2. The van der Waals surface area contributed by atoms with Crippen LogP contribution >= 0.6 is 20.5 Å². The zero-order chi connectivity index (χ0) is 25.7. The molecule has 0 aromatic heterocycles. The van der Waals surface area contributed by atoms with Crippen molar-refractivity contribution >= 4 is 30.7 Å². The van der Waals surface area contributed by atoms with Crippen LogP contribution < -0.4 is 0 Å². The van der Waals surface area contributed by atoms with Crippen molar-refractivity contribution in [1.29, 1.82) is 0 Å². The standard InChI is InChI=1S/C16H11F11O3S3/c1-8-5-9(2)14-12(6-8)11-4-3-10(33(23,24,25,26)27)7-13(11)31(14,15(17,18)19)30-32(28,29)16(20,21)22/h3-7H,1-2H3. The number of benzene rings is 2. The molecule has 2 aromatic rings. The molecule has 0 radical (unpaired) electrons. The fourth-order valence-electron chi connectivity index (χ4n) is 3.37. The van der Waals surface area contributed by atoms with Gasteiger partial charge in [-0.2, -0.15) is 38.4 Å². The maximum absolute atomic E-state index is 14.4. The largest absolute Gasteiger partial charge is 0.523 e. The maximum Gasteiger partial charge on any atom is 0.523 e. The van der Waals surface area contributed by atoms with E-state index in [0.29, 0.717) is 0 Å². The summed E-state index contributed by atoms with van der Waals surface area (Å²) in [4.78, 5) is -5.80. The minimum atomic E-state index is -10.6. The quantitative estimate of drug-likeness (QED) is 0.281. The van der Waals surface area contributed by atoms with E-state index in [0.717, 1.165) is 19.1 Å². The first-order chi connectivity index (χ1) is 14.3. The lowest BCUT2D eigenvalue weighted by Gasteiger charge is -2.42. The minimum absolute atomic E-state index is 0.213. The molecule has 188 valence electrons. The third kappa shape index (κ3) is 4.05. The van der Waals surface area contributed by atoms with Crippen LogP contribution in [0.3, 0.4) is 0 Å². The Morgan fingerprint density at radius 1 is 0.848 bits per heavy atom. The highest BCUT2D eigenvalue weighted by Crippen LogP contribution is 3.02. The van der Waals surface area contributed by atoms with Crippen molar-refractivity contribution in [3.05, 3.63) is 41.5 Å². The van der Waals surface area contributed by atoms with Gasteiger partial charge in [0, 0.05) is 20.1 Å². The smallest absolute Gasteiger partial charge is 0.196 e. The third-order valence-corrected chi connectivity index (χ3v) is 10.5. The first-order valence-electron chi connectivity index (χ1n) is 8.24. The Kier molecular flexibility index (Phi) is 4.93. The van der Waals surface area contributed by atoms with Crippen molar-refractivity contribution in [2.24, 2.45) is 0 Å². The molecule has 0 N–H and O–H groups in total. The van der Waals surface area contributed by atoms with E-state index in [-0.39, 0.29) is 17.7 Å². The Balaban J connectivity index is 2.57. The van der Waals surface area contributed by atoms with Crippen LogP contribution in [0.4, 0.5) is 45.8 Å². The molecule has 3 nitrogen and oxygen atoms in total. The molecule has 1 heterocycles. The second kappa shape index (κ2) is 6.28. The van der Waals surface area contributed by atoms with Gasteiger partial charge in [0.25, 0.3) is 0 Å². The molecule has 1 aliphatic heterocycles. The van der Waals surface area contributed by atoms with Gasteiger partial charge in [-0.25, -0.2) is 0 Å². The van der Waals surface area contributed by atoms with Crippen molar-refractivity contribution in [1.82, 2.24) is 0 Å². The second-order valence-electron chi connectivity index (χ2n) is 7.06. The SMILES string of the molecule is Cc1cc(C)c2c(c1)-c1ccc(S(F)(F)(F)(F)F)cc1S2(OS(=O)(=O)C(F)(F)F)C(F)(F)F. The number of aryl methyl sites for hydroxylation is 2. The summed E-state index contributed by atoms with van der Waals surface area (Å²) in [7, 11) is -23.6. The number of alkyl halides is 6. The first kappa shape index (κ1) is 25.9. The number of halogens is 11. The van der Waals surface area contributed by atoms with Crippen LogP contribution in [0.15, 0.2) is 45.0 Å². The van der Waals surface area contributed by atoms with Gasteiger partial charge in [0.1, 0.15) is 4.90 Å². The lowest BCUT2D eigenvalue weighted by Crippen LogP contribution is -2.32. The Bertz CT molecular complexity index is 1280. The van der Waals surface area contributed by atoms with E-state index in [1.54, 1.807) is 0 Å². The highest BCUT2D eigenvalue weighted by atomic mass is 32.5. The van der Waals surface area contributed by atoms with E-state index in [9.17, 15) is 54.2 Å². The molecule has 3 rings (SSSR count). The molecule has 17 heteroatoms. The fourth-order valence-corrected chi connectivity index (χ4v) is 8.84. The van der Waals surface area contributed by atoms with Crippen LogP contribution in [0.1, 0.15) is 11.1 Å². The van der Waals surface area contributed by atoms with E-state index in [4.69, 9.17) is 0 Å². The van der Waals surface area contributed by atoms with E-state index in [1.807, 2.05) is 0 Å². The summed E-state index contributed by atoms with van der Waals surface area (Å²) in [6.45, 7) is 2.28. The number of rotatable bonds is 3. The molecule has 1 unspecified atom stereocenters. The molecule has 0 fully saturated rings. The van der Waals surface area contributed by atoms with Crippen LogP contribution in [0, 0.1) is 13.8 Å². The molecule has 0 spiro atoms. The van der Waals surface area contributed by atoms with E-state index >= 15 is 0 Å². The molecule has 33 heavy (non-hydrogen) atoms. The summed E-state index contributed by atoms with van der Waals surface area (Å²) in [5.41, 5.74) is -14.1. The molecule has 1 aliphatic rings. The van der Waals surface area contributed by atoms with Gasteiger partial charge in [0.05, 0.1) is 0 Å². The average molecular weight is 556 g/mol. The summed E-state index contributed by atoms with van der Waals surface area (Å²) in [6, 6.07) is 1.29. The predicted octanol–water partition coefficient (Wildman–Crippen LogP) is 8.46. The molecule has 0 aliphatic carbocycles. The topological polar surface area (TPSA) is 43.4 Å². The molecule has 0 bridgehead atoms. The Labute approximate surface area is 180 Å².